The third-order valence-corrected chi connectivity index (χ3v) is 20.3. The summed E-state index contributed by atoms with van der Waals surface area (Å²) in [7, 11) is 0. The summed E-state index contributed by atoms with van der Waals surface area (Å²) < 4.78 is 9.51. The first-order valence-corrected chi connectivity index (χ1v) is 35.9. The first-order valence-electron chi connectivity index (χ1n) is 35.9. The number of hydrogen-bond donors (Lipinski definition) is 0. The molecular weight excluding hydrogens is 1260 g/mol. The van der Waals surface area contributed by atoms with Crippen molar-refractivity contribution in [1.82, 2.24) is 18.3 Å². The summed E-state index contributed by atoms with van der Waals surface area (Å²) in [6.45, 7) is 8.70. The highest BCUT2D eigenvalue weighted by atomic mass is 15.0. The molecule has 20 rings (SSSR count). The summed E-state index contributed by atoms with van der Waals surface area (Å²) in [5.74, 6) is 0. The van der Waals surface area contributed by atoms with Crippen LogP contribution in [0.3, 0.4) is 0 Å². The molecule has 0 fully saturated rings. The molecule has 0 radical (unpaired) electrons. The number of benzene rings is 16. The lowest BCUT2D eigenvalue weighted by atomic mass is 10.0. The molecule has 4 heteroatoms. The number of aryl methyl sites for hydroxylation is 4. The maximum Gasteiger partial charge on any atom is 0.0570 e. The van der Waals surface area contributed by atoms with Crippen molar-refractivity contribution >= 4 is 87.2 Å². The fourth-order valence-corrected chi connectivity index (χ4v) is 15.4. The van der Waals surface area contributed by atoms with Crippen LogP contribution in [-0.4, -0.2) is 18.3 Å². The zero-order chi connectivity index (χ0) is 70.0. The van der Waals surface area contributed by atoms with Crippen molar-refractivity contribution in [2.24, 2.45) is 0 Å². The Morgan fingerprint density at radius 3 is 0.971 bits per heavy atom. The van der Waals surface area contributed by atoms with E-state index >= 15 is 0 Å². The fourth-order valence-electron chi connectivity index (χ4n) is 15.4. The van der Waals surface area contributed by atoms with E-state index in [1.54, 1.807) is 0 Å². The van der Waals surface area contributed by atoms with E-state index in [2.05, 4.69) is 434 Å². The van der Waals surface area contributed by atoms with Gasteiger partial charge >= 0.3 is 0 Å². The summed E-state index contributed by atoms with van der Waals surface area (Å²) in [5, 5.41) is 10.5. The molecule has 0 bridgehead atoms. The van der Waals surface area contributed by atoms with E-state index < -0.39 is 0 Å². The Bertz CT molecular complexity index is 6360. The van der Waals surface area contributed by atoms with Crippen LogP contribution in [0.5, 0.6) is 0 Å². The molecule has 0 saturated carbocycles. The highest BCUT2D eigenvalue weighted by Gasteiger charge is 2.19. The molecule has 4 nitrogen and oxygen atoms in total. The normalized spacial score (nSPS) is 11.3. The molecule has 0 N–H and O–H groups in total. The van der Waals surface area contributed by atoms with E-state index in [1.165, 1.54) is 177 Å². The molecule has 496 valence electrons. The van der Waals surface area contributed by atoms with Crippen LogP contribution in [0, 0.1) is 27.7 Å². The van der Waals surface area contributed by atoms with Crippen LogP contribution in [0.1, 0.15) is 22.3 Å². The first-order chi connectivity index (χ1) is 51.3. The lowest BCUT2D eigenvalue weighted by Gasteiger charge is -2.09. The number of nitrogens with zero attached hydrogens (tertiary/aromatic N) is 4. The van der Waals surface area contributed by atoms with Crippen molar-refractivity contribution in [3.63, 3.8) is 0 Å². The number of para-hydroxylation sites is 5. The third kappa shape index (κ3) is 12.2. The SMILES string of the molecule is Cc1ccc2c(c1)c1ccc(-c3ccccc3)cc1n2-c1ccccc1.Cc1ccc2c3ccc(-c4ccccc4)cc3n(-c3ccccc3)c2c1.Cc1cccc2c1c1ccc(-c3ccccc3)cc1n2-c1ccccc1.Cc1cccc2c3cc(-c4ccccc4)ccc3n(-c3ccccc3)c12. The van der Waals surface area contributed by atoms with E-state index in [1.807, 2.05) is 0 Å². The van der Waals surface area contributed by atoms with Crippen molar-refractivity contribution < 1.29 is 0 Å². The third-order valence-electron chi connectivity index (χ3n) is 20.3. The Labute approximate surface area is 607 Å². The van der Waals surface area contributed by atoms with Gasteiger partial charge in [0.1, 0.15) is 0 Å². The van der Waals surface area contributed by atoms with Gasteiger partial charge in [-0.3, -0.25) is 0 Å². The molecule has 0 atom stereocenters. The van der Waals surface area contributed by atoms with Crippen molar-refractivity contribution in [2.45, 2.75) is 27.7 Å². The molecule has 0 aliphatic heterocycles. The molecular formula is C100H76N4. The van der Waals surface area contributed by atoms with Crippen LogP contribution in [0.4, 0.5) is 0 Å². The number of hydrogen-bond acceptors (Lipinski definition) is 0. The average molecular weight is 1330 g/mol. The van der Waals surface area contributed by atoms with Gasteiger partial charge < -0.3 is 18.3 Å². The summed E-state index contributed by atoms with van der Waals surface area (Å²) >= 11 is 0. The summed E-state index contributed by atoms with van der Waals surface area (Å²) in [6, 6.07) is 139. The van der Waals surface area contributed by atoms with Gasteiger partial charge in [0.25, 0.3) is 0 Å². The van der Waals surface area contributed by atoms with Gasteiger partial charge in [0.15, 0.2) is 0 Å². The van der Waals surface area contributed by atoms with Gasteiger partial charge in [-0.1, -0.05) is 291 Å². The second kappa shape index (κ2) is 28.0. The molecule has 0 aliphatic rings. The topological polar surface area (TPSA) is 19.7 Å². The van der Waals surface area contributed by atoms with E-state index in [9.17, 15) is 0 Å². The van der Waals surface area contributed by atoms with E-state index in [0.29, 0.717) is 0 Å². The molecule has 4 heterocycles. The average Bonchev–Trinajstić information content (AvgIpc) is 1.64. The van der Waals surface area contributed by atoms with Crippen LogP contribution in [0.25, 0.3) is 154 Å². The van der Waals surface area contributed by atoms with Crippen LogP contribution >= 0.6 is 0 Å². The predicted molar refractivity (Wildman–Crippen MR) is 444 cm³/mol. The first kappa shape index (κ1) is 64.1. The molecule has 16 aromatic carbocycles. The molecule has 20 aromatic rings. The zero-order valence-electron chi connectivity index (χ0n) is 58.7. The molecule has 0 aliphatic carbocycles. The van der Waals surface area contributed by atoms with Crippen molar-refractivity contribution in [2.75, 3.05) is 0 Å². The second-order valence-corrected chi connectivity index (χ2v) is 27.1. The summed E-state index contributed by atoms with van der Waals surface area (Å²) in [4.78, 5) is 0. The minimum Gasteiger partial charge on any atom is -0.309 e. The summed E-state index contributed by atoms with van der Waals surface area (Å²) in [5.41, 5.74) is 30.0. The predicted octanol–water partition coefficient (Wildman–Crippen LogP) is 27.0. The molecule has 0 unspecified atom stereocenters. The Hall–Kier alpha value is -13.3. The highest BCUT2D eigenvalue weighted by molar-refractivity contribution is 6.14. The second-order valence-electron chi connectivity index (χ2n) is 27.1. The minimum absolute atomic E-state index is 1.20. The van der Waals surface area contributed by atoms with Gasteiger partial charge in [0.05, 0.1) is 44.1 Å². The van der Waals surface area contributed by atoms with Crippen molar-refractivity contribution in [1.29, 1.82) is 0 Å². The quantitative estimate of drug-likeness (QED) is 0.144. The smallest absolute Gasteiger partial charge is 0.0570 e. The molecule has 0 spiro atoms. The Morgan fingerprint density at radius 2 is 0.481 bits per heavy atom. The number of rotatable bonds is 8. The van der Waals surface area contributed by atoms with Crippen LogP contribution in [0.2, 0.25) is 0 Å². The van der Waals surface area contributed by atoms with Crippen molar-refractivity contribution in [3.8, 4) is 67.3 Å². The molecule has 0 amide bonds. The minimum atomic E-state index is 1.20. The Morgan fingerprint density at radius 1 is 0.163 bits per heavy atom. The van der Waals surface area contributed by atoms with Gasteiger partial charge in [0.2, 0.25) is 0 Å². The van der Waals surface area contributed by atoms with Gasteiger partial charge in [-0.15, -0.1) is 0 Å². The number of aromatic nitrogens is 4. The van der Waals surface area contributed by atoms with Gasteiger partial charge in [-0.25, -0.2) is 0 Å². The zero-order valence-corrected chi connectivity index (χ0v) is 58.7. The molecule has 4 aromatic heterocycles. The maximum atomic E-state index is 2.38. The fraction of sp³-hybridized carbons (Fsp3) is 0.0400. The Balaban J connectivity index is 0.000000103. The Kier molecular flexibility index (Phi) is 17.3. The van der Waals surface area contributed by atoms with E-state index in [-0.39, 0.29) is 0 Å². The van der Waals surface area contributed by atoms with Crippen molar-refractivity contribution in [3.05, 3.63) is 411 Å². The van der Waals surface area contributed by atoms with Gasteiger partial charge in [-0.2, -0.15) is 0 Å². The molecule has 104 heavy (non-hydrogen) atoms. The van der Waals surface area contributed by atoms with Gasteiger partial charge in [0, 0.05) is 65.8 Å². The van der Waals surface area contributed by atoms with E-state index in [4.69, 9.17) is 0 Å². The van der Waals surface area contributed by atoms with E-state index in [0.717, 1.165) is 0 Å². The lowest BCUT2D eigenvalue weighted by molar-refractivity contribution is 1.17. The van der Waals surface area contributed by atoms with Crippen LogP contribution < -0.4 is 0 Å². The standard InChI is InChI=1S/4C25H19N/c1-18-9-8-14-23-25(18)22-16-15-20(19-10-4-2-5-11-19)17-24(22)26(23)21-12-6-3-7-13-21;1-18-9-8-14-22-23-17-20(19-10-4-2-5-11-19)15-16-24(23)26(25(18)22)21-12-6-3-7-13-21;1-18-12-15-24-23(16-18)22-14-13-20(19-8-4-2-5-9-19)17-25(22)26(24)21-10-6-3-7-11-21;1-18-12-14-22-23-15-13-20(19-8-4-2-5-9-19)17-25(23)26(24(22)16-18)21-10-6-3-7-11-21/h4*2-17H,1H3. The monoisotopic (exact) mass is 1330 g/mol. The molecule has 0 saturated heterocycles. The number of fused-ring (bicyclic) bond motifs is 12. The van der Waals surface area contributed by atoms with Crippen LogP contribution in [-0.2, 0) is 0 Å². The largest absolute Gasteiger partial charge is 0.309 e. The summed E-state index contributed by atoms with van der Waals surface area (Å²) in [6.07, 6.45) is 0. The highest BCUT2D eigenvalue weighted by Crippen LogP contribution is 2.41. The van der Waals surface area contributed by atoms with Gasteiger partial charge in [-0.05, 0) is 192 Å². The lowest BCUT2D eigenvalue weighted by Crippen LogP contribution is -1.94. The maximum absolute atomic E-state index is 2.38. The van der Waals surface area contributed by atoms with Crippen LogP contribution in [0.15, 0.2) is 388 Å².